The predicted molar refractivity (Wildman–Crippen MR) is 58.2 cm³/mol. The Morgan fingerprint density at radius 1 is 1.64 bits per heavy atom. The summed E-state index contributed by atoms with van der Waals surface area (Å²) >= 11 is 3.49. The van der Waals surface area contributed by atoms with Crippen LogP contribution in [0.2, 0.25) is 0 Å². The summed E-state index contributed by atoms with van der Waals surface area (Å²) in [7, 11) is 0. The van der Waals surface area contributed by atoms with Gasteiger partial charge in [0.1, 0.15) is 10.4 Å². The van der Waals surface area contributed by atoms with E-state index in [-0.39, 0.29) is 6.61 Å². The highest BCUT2D eigenvalue weighted by Crippen LogP contribution is 2.27. The molecule has 0 bridgehead atoms. The molecule has 0 saturated carbocycles. The third-order valence-electron chi connectivity index (χ3n) is 2.83. The Hall–Kier alpha value is -0.350. The zero-order valence-corrected chi connectivity index (χ0v) is 9.92. The van der Waals surface area contributed by atoms with E-state index < -0.39 is 0 Å². The number of hydrogen-bond acceptors (Lipinski definition) is 2. The van der Waals surface area contributed by atoms with E-state index in [1.165, 1.54) is 12.1 Å². The van der Waals surface area contributed by atoms with Crippen molar-refractivity contribution in [1.29, 1.82) is 0 Å². The van der Waals surface area contributed by atoms with E-state index >= 15 is 0 Å². The number of halogens is 1. The standard InChI is InChI=1S/C10H15BrN2O/c1-7-2-4-13-8(6-7)10(11)12-9(13)3-5-14/h7,14H,2-6H2,1H3. The summed E-state index contributed by atoms with van der Waals surface area (Å²) in [4.78, 5) is 4.44. The minimum atomic E-state index is 0.179. The molecule has 0 saturated heterocycles. The van der Waals surface area contributed by atoms with Crippen LogP contribution in [0, 0.1) is 5.92 Å². The van der Waals surface area contributed by atoms with E-state index in [2.05, 4.69) is 32.4 Å². The van der Waals surface area contributed by atoms with Gasteiger partial charge in [-0.3, -0.25) is 0 Å². The summed E-state index contributed by atoms with van der Waals surface area (Å²) < 4.78 is 3.22. The molecule has 3 nitrogen and oxygen atoms in total. The first-order valence-electron chi connectivity index (χ1n) is 5.07. The van der Waals surface area contributed by atoms with Gasteiger partial charge in [-0.2, -0.15) is 0 Å². The maximum Gasteiger partial charge on any atom is 0.127 e. The highest BCUT2D eigenvalue weighted by Gasteiger charge is 2.21. The van der Waals surface area contributed by atoms with E-state index in [4.69, 9.17) is 5.11 Å². The molecule has 0 aromatic carbocycles. The largest absolute Gasteiger partial charge is 0.396 e. The Kier molecular flexibility index (Phi) is 2.93. The summed E-state index contributed by atoms with van der Waals surface area (Å²) in [6, 6.07) is 0. The zero-order chi connectivity index (χ0) is 10.1. The first-order chi connectivity index (χ1) is 6.72. The number of hydrogen-bond donors (Lipinski definition) is 1. The summed E-state index contributed by atoms with van der Waals surface area (Å²) in [6.07, 6.45) is 2.97. The molecule has 1 aromatic rings. The number of nitrogens with zero attached hydrogens (tertiary/aromatic N) is 2. The van der Waals surface area contributed by atoms with Crippen LogP contribution in [-0.4, -0.2) is 21.3 Å². The second-order valence-corrected chi connectivity index (χ2v) is 4.74. The molecule has 78 valence electrons. The maximum atomic E-state index is 8.91. The molecule has 0 aliphatic carbocycles. The lowest BCUT2D eigenvalue weighted by atomic mass is 9.98. The van der Waals surface area contributed by atoms with Crippen LogP contribution in [0.4, 0.5) is 0 Å². The fourth-order valence-corrected chi connectivity index (χ4v) is 2.62. The molecule has 14 heavy (non-hydrogen) atoms. The van der Waals surface area contributed by atoms with Crippen LogP contribution >= 0.6 is 15.9 Å². The van der Waals surface area contributed by atoms with Crippen LogP contribution < -0.4 is 0 Å². The highest BCUT2D eigenvalue weighted by molar-refractivity contribution is 9.10. The van der Waals surface area contributed by atoms with E-state index in [1.807, 2.05) is 0 Å². The van der Waals surface area contributed by atoms with Crippen LogP contribution in [0.15, 0.2) is 4.60 Å². The third-order valence-corrected chi connectivity index (χ3v) is 3.46. The Morgan fingerprint density at radius 3 is 3.14 bits per heavy atom. The molecule has 1 atom stereocenters. The number of aliphatic hydroxyl groups excluding tert-OH is 1. The first-order valence-corrected chi connectivity index (χ1v) is 5.86. The van der Waals surface area contributed by atoms with Crippen LogP contribution in [0.25, 0.3) is 0 Å². The van der Waals surface area contributed by atoms with Crippen LogP contribution in [0.1, 0.15) is 24.9 Å². The Labute approximate surface area is 92.3 Å². The predicted octanol–water partition coefficient (Wildman–Crippen LogP) is 1.76. The lowest BCUT2D eigenvalue weighted by Crippen LogP contribution is -2.19. The van der Waals surface area contributed by atoms with Gasteiger partial charge in [-0.1, -0.05) is 6.92 Å². The molecular weight excluding hydrogens is 244 g/mol. The molecule has 0 fully saturated rings. The third kappa shape index (κ3) is 1.73. The van der Waals surface area contributed by atoms with Gasteiger partial charge >= 0.3 is 0 Å². The molecule has 1 N–H and O–H groups in total. The highest BCUT2D eigenvalue weighted by atomic mass is 79.9. The second-order valence-electron chi connectivity index (χ2n) is 3.99. The van der Waals surface area contributed by atoms with Crippen molar-refractivity contribution in [3.63, 3.8) is 0 Å². The smallest absolute Gasteiger partial charge is 0.127 e. The van der Waals surface area contributed by atoms with Crippen LogP contribution in [0.5, 0.6) is 0 Å². The quantitative estimate of drug-likeness (QED) is 0.878. The van der Waals surface area contributed by atoms with Gasteiger partial charge in [0.2, 0.25) is 0 Å². The molecular formula is C10H15BrN2O. The molecule has 1 aliphatic rings. The molecule has 1 aromatic heterocycles. The lowest BCUT2D eigenvalue weighted by Gasteiger charge is -2.21. The van der Waals surface area contributed by atoms with E-state index in [9.17, 15) is 0 Å². The van der Waals surface area contributed by atoms with Gasteiger partial charge in [0.15, 0.2) is 0 Å². The first kappa shape index (κ1) is 10.2. The summed E-state index contributed by atoms with van der Waals surface area (Å²) in [5.41, 5.74) is 1.30. The molecule has 2 heterocycles. The Bertz CT molecular complexity index is 335. The van der Waals surface area contributed by atoms with Crippen molar-refractivity contribution in [2.24, 2.45) is 5.92 Å². The normalized spacial score (nSPS) is 20.9. The number of fused-ring (bicyclic) bond motifs is 1. The summed E-state index contributed by atoms with van der Waals surface area (Å²) in [5.74, 6) is 1.76. The van der Waals surface area contributed by atoms with Gasteiger partial charge in [-0.15, -0.1) is 0 Å². The molecule has 2 rings (SSSR count). The number of aromatic nitrogens is 2. The number of rotatable bonds is 2. The van der Waals surface area contributed by atoms with Gasteiger partial charge in [-0.05, 0) is 34.7 Å². The maximum absolute atomic E-state index is 8.91. The Balaban J connectivity index is 2.33. The van der Waals surface area contributed by atoms with E-state index in [0.29, 0.717) is 6.42 Å². The fourth-order valence-electron chi connectivity index (χ4n) is 2.04. The minimum absolute atomic E-state index is 0.179. The van der Waals surface area contributed by atoms with Crippen molar-refractivity contribution >= 4 is 15.9 Å². The van der Waals surface area contributed by atoms with Gasteiger partial charge in [0.25, 0.3) is 0 Å². The van der Waals surface area contributed by atoms with Crippen LogP contribution in [0.3, 0.4) is 0 Å². The number of aliphatic hydroxyl groups is 1. The Morgan fingerprint density at radius 2 is 2.43 bits per heavy atom. The lowest BCUT2D eigenvalue weighted by molar-refractivity contribution is 0.292. The average molecular weight is 259 g/mol. The van der Waals surface area contributed by atoms with Crippen molar-refractivity contribution in [1.82, 2.24) is 9.55 Å². The fraction of sp³-hybridized carbons (Fsp3) is 0.700. The molecule has 0 radical (unpaired) electrons. The summed E-state index contributed by atoms with van der Waals surface area (Å²) in [5, 5.41) is 8.91. The monoisotopic (exact) mass is 258 g/mol. The second kappa shape index (κ2) is 4.03. The van der Waals surface area contributed by atoms with Crippen molar-refractivity contribution < 1.29 is 5.11 Å². The molecule has 1 unspecified atom stereocenters. The molecule has 4 heteroatoms. The van der Waals surface area contributed by atoms with Crippen molar-refractivity contribution in [2.75, 3.05) is 6.61 Å². The SMILES string of the molecule is CC1CCn2c(CCO)nc(Br)c2C1. The average Bonchev–Trinajstić information content (AvgIpc) is 2.44. The van der Waals surface area contributed by atoms with Crippen LogP contribution in [-0.2, 0) is 19.4 Å². The topological polar surface area (TPSA) is 38.0 Å². The van der Waals surface area contributed by atoms with Gasteiger partial charge in [0, 0.05) is 13.0 Å². The molecule has 1 aliphatic heterocycles. The van der Waals surface area contributed by atoms with Crippen molar-refractivity contribution in [2.45, 2.75) is 32.7 Å². The summed E-state index contributed by atoms with van der Waals surface area (Å²) in [6.45, 7) is 3.50. The van der Waals surface area contributed by atoms with E-state index in [1.54, 1.807) is 0 Å². The van der Waals surface area contributed by atoms with Crippen molar-refractivity contribution in [3.8, 4) is 0 Å². The number of imidazole rings is 1. The van der Waals surface area contributed by atoms with Crippen molar-refractivity contribution in [3.05, 3.63) is 16.1 Å². The molecule has 0 spiro atoms. The zero-order valence-electron chi connectivity index (χ0n) is 8.33. The van der Waals surface area contributed by atoms with Gasteiger partial charge in [0.05, 0.1) is 12.3 Å². The van der Waals surface area contributed by atoms with Gasteiger partial charge < -0.3 is 9.67 Å². The van der Waals surface area contributed by atoms with E-state index in [0.717, 1.165) is 29.3 Å². The molecule has 0 amide bonds. The minimum Gasteiger partial charge on any atom is -0.396 e. The van der Waals surface area contributed by atoms with Gasteiger partial charge in [-0.25, -0.2) is 4.98 Å².